The van der Waals surface area contributed by atoms with E-state index >= 15 is 0 Å². The van der Waals surface area contributed by atoms with Gasteiger partial charge in [-0.2, -0.15) is 13.2 Å². The summed E-state index contributed by atoms with van der Waals surface area (Å²) in [5.74, 6) is 1.35. The van der Waals surface area contributed by atoms with Gasteiger partial charge >= 0.3 is 6.18 Å². The molecule has 20 heavy (non-hydrogen) atoms. The molecule has 0 saturated carbocycles. The summed E-state index contributed by atoms with van der Waals surface area (Å²) in [4.78, 5) is 0. The second kappa shape index (κ2) is 5.71. The fourth-order valence-corrected chi connectivity index (χ4v) is 1.98. The summed E-state index contributed by atoms with van der Waals surface area (Å²) >= 11 is 0. The van der Waals surface area contributed by atoms with Gasteiger partial charge in [0.25, 0.3) is 0 Å². The second-order valence-corrected chi connectivity index (χ2v) is 4.57. The molecule has 0 unspecified atom stereocenters. The van der Waals surface area contributed by atoms with Crippen LogP contribution in [-0.4, -0.2) is 6.54 Å². The normalized spacial score (nSPS) is 11.8. The predicted octanol–water partition coefficient (Wildman–Crippen LogP) is 4.38. The molecule has 0 amide bonds. The van der Waals surface area contributed by atoms with Crippen molar-refractivity contribution < 1.29 is 17.6 Å². The first-order valence-corrected chi connectivity index (χ1v) is 6.39. The van der Waals surface area contributed by atoms with E-state index in [1.54, 1.807) is 13.0 Å². The predicted molar refractivity (Wildman–Crippen MR) is 71.3 cm³/mol. The van der Waals surface area contributed by atoms with E-state index in [-0.39, 0.29) is 0 Å². The van der Waals surface area contributed by atoms with Crippen LogP contribution < -0.4 is 5.32 Å². The largest absolute Gasteiger partial charge is 0.460 e. The standard InChI is InChI=1S/C15H16F3NO/c1-3-19-9-12-5-7-14(20-12)13-6-4-11(8-10(13)2)15(16,17)18/h4-8,19H,3,9H2,1-2H3. The highest BCUT2D eigenvalue weighted by molar-refractivity contribution is 5.62. The molecule has 0 spiro atoms. The maximum Gasteiger partial charge on any atom is 0.416 e. The number of halogens is 3. The number of rotatable bonds is 4. The van der Waals surface area contributed by atoms with Gasteiger partial charge in [-0.3, -0.25) is 0 Å². The Morgan fingerprint density at radius 2 is 1.90 bits per heavy atom. The molecule has 0 saturated heterocycles. The van der Waals surface area contributed by atoms with Crippen LogP contribution in [0.25, 0.3) is 11.3 Å². The maximum atomic E-state index is 12.6. The molecule has 108 valence electrons. The van der Waals surface area contributed by atoms with E-state index in [0.29, 0.717) is 23.4 Å². The smallest absolute Gasteiger partial charge is 0.416 e. The van der Waals surface area contributed by atoms with Crippen molar-refractivity contribution in [3.63, 3.8) is 0 Å². The number of nitrogens with one attached hydrogen (secondary N) is 1. The summed E-state index contributed by atoms with van der Waals surface area (Å²) in [7, 11) is 0. The summed E-state index contributed by atoms with van der Waals surface area (Å²) < 4.78 is 43.5. The summed E-state index contributed by atoms with van der Waals surface area (Å²) in [6.45, 7) is 5.08. The number of alkyl halides is 3. The van der Waals surface area contributed by atoms with Crippen LogP contribution in [0.5, 0.6) is 0 Å². The van der Waals surface area contributed by atoms with Crippen molar-refractivity contribution in [2.75, 3.05) is 6.54 Å². The minimum Gasteiger partial charge on any atom is -0.460 e. The molecular weight excluding hydrogens is 267 g/mol. The first kappa shape index (κ1) is 14.7. The summed E-state index contributed by atoms with van der Waals surface area (Å²) in [5.41, 5.74) is 0.586. The van der Waals surface area contributed by atoms with Crippen LogP contribution in [0, 0.1) is 6.92 Å². The highest BCUT2D eigenvalue weighted by Crippen LogP contribution is 2.33. The van der Waals surface area contributed by atoms with E-state index in [1.165, 1.54) is 6.07 Å². The van der Waals surface area contributed by atoms with Gasteiger partial charge in [0, 0.05) is 5.56 Å². The molecule has 1 aromatic carbocycles. The van der Waals surface area contributed by atoms with Gasteiger partial charge in [0.05, 0.1) is 12.1 Å². The third-order valence-corrected chi connectivity index (χ3v) is 3.03. The van der Waals surface area contributed by atoms with Gasteiger partial charge in [0.15, 0.2) is 0 Å². The first-order chi connectivity index (χ1) is 9.41. The molecule has 2 aromatic rings. The molecule has 0 bridgehead atoms. The van der Waals surface area contributed by atoms with Gasteiger partial charge in [-0.25, -0.2) is 0 Å². The monoisotopic (exact) mass is 283 g/mol. The lowest BCUT2D eigenvalue weighted by Crippen LogP contribution is -2.10. The molecular formula is C15H16F3NO. The van der Waals surface area contributed by atoms with Gasteiger partial charge in [-0.15, -0.1) is 0 Å². The summed E-state index contributed by atoms with van der Waals surface area (Å²) in [6.07, 6.45) is -4.32. The van der Waals surface area contributed by atoms with Crippen LogP contribution in [0.2, 0.25) is 0 Å². The van der Waals surface area contributed by atoms with Crippen molar-refractivity contribution >= 4 is 0 Å². The van der Waals surface area contributed by atoms with Gasteiger partial charge in [0.2, 0.25) is 0 Å². The van der Waals surface area contributed by atoms with E-state index in [4.69, 9.17) is 4.42 Å². The van der Waals surface area contributed by atoms with E-state index in [1.807, 2.05) is 13.0 Å². The van der Waals surface area contributed by atoms with Crippen molar-refractivity contribution in [2.24, 2.45) is 0 Å². The van der Waals surface area contributed by atoms with Gasteiger partial charge in [-0.1, -0.05) is 13.0 Å². The SMILES string of the molecule is CCNCc1ccc(-c2ccc(C(F)(F)F)cc2C)o1. The van der Waals surface area contributed by atoms with E-state index in [9.17, 15) is 13.2 Å². The van der Waals surface area contributed by atoms with E-state index in [0.717, 1.165) is 24.4 Å². The lowest BCUT2D eigenvalue weighted by Gasteiger charge is -2.09. The zero-order chi connectivity index (χ0) is 14.8. The fourth-order valence-electron chi connectivity index (χ4n) is 1.98. The van der Waals surface area contributed by atoms with Gasteiger partial charge in [0.1, 0.15) is 11.5 Å². The molecule has 0 radical (unpaired) electrons. The Morgan fingerprint density at radius 1 is 1.15 bits per heavy atom. The average molecular weight is 283 g/mol. The van der Waals surface area contributed by atoms with Crippen LogP contribution in [0.4, 0.5) is 13.2 Å². The first-order valence-electron chi connectivity index (χ1n) is 6.39. The van der Waals surface area contributed by atoms with Crippen molar-refractivity contribution in [1.82, 2.24) is 5.32 Å². The minimum absolute atomic E-state index is 0.546. The van der Waals surface area contributed by atoms with Crippen LogP contribution in [0.15, 0.2) is 34.7 Å². The average Bonchev–Trinajstić information content (AvgIpc) is 2.83. The molecule has 0 aliphatic rings. The van der Waals surface area contributed by atoms with E-state index in [2.05, 4.69) is 5.32 Å². The minimum atomic E-state index is -4.32. The van der Waals surface area contributed by atoms with E-state index < -0.39 is 11.7 Å². The molecule has 1 aromatic heterocycles. The number of hydrogen-bond acceptors (Lipinski definition) is 2. The summed E-state index contributed by atoms with van der Waals surface area (Å²) in [6, 6.07) is 7.28. The van der Waals surface area contributed by atoms with Gasteiger partial charge < -0.3 is 9.73 Å². The third-order valence-electron chi connectivity index (χ3n) is 3.03. The van der Waals surface area contributed by atoms with Gasteiger partial charge in [-0.05, 0) is 43.3 Å². The van der Waals surface area contributed by atoms with Crippen LogP contribution in [0.3, 0.4) is 0 Å². The number of hydrogen-bond donors (Lipinski definition) is 1. The molecule has 0 atom stereocenters. The number of furan rings is 1. The Bertz CT molecular complexity index is 587. The molecule has 2 rings (SSSR count). The van der Waals surface area contributed by atoms with Crippen molar-refractivity contribution in [2.45, 2.75) is 26.6 Å². The van der Waals surface area contributed by atoms with Crippen LogP contribution >= 0.6 is 0 Å². The molecule has 0 fully saturated rings. The van der Waals surface area contributed by atoms with Crippen molar-refractivity contribution in [3.8, 4) is 11.3 Å². The Morgan fingerprint density at radius 3 is 2.50 bits per heavy atom. The Hall–Kier alpha value is -1.75. The Labute approximate surface area is 115 Å². The highest BCUT2D eigenvalue weighted by atomic mass is 19.4. The molecule has 1 N–H and O–H groups in total. The van der Waals surface area contributed by atoms with Crippen molar-refractivity contribution in [3.05, 3.63) is 47.2 Å². The molecule has 0 aliphatic heterocycles. The Balaban J connectivity index is 2.27. The van der Waals surface area contributed by atoms with Crippen molar-refractivity contribution in [1.29, 1.82) is 0 Å². The highest BCUT2D eigenvalue weighted by Gasteiger charge is 2.30. The maximum absolute atomic E-state index is 12.6. The zero-order valence-electron chi connectivity index (χ0n) is 11.3. The number of aryl methyl sites for hydroxylation is 1. The molecule has 5 heteroatoms. The molecule has 2 nitrogen and oxygen atoms in total. The lowest BCUT2D eigenvalue weighted by molar-refractivity contribution is -0.137. The zero-order valence-corrected chi connectivity index (χ0v) is 11.3. The quantitative estimate of drug-likeness (QED) is 0.900. The topological polar surface area (TPSA) is 25.2 Å². The molecule has 0 aliphatic carbocycles. The fraction of sp³-hybridized carbons (Fsp3) is 0.333. The number of benzene rings is 1. The second-order valence-electron chi connectivity index (χ2n) is 4.57. The Kier molecular flexibility index (Phi) is 4.18. The van der Waals surface area contributed by atoms with Crippen LogP contribution in [-0.2, 0) is 12.7 Å². The van der Waals surface area contributed by atoms with Crippen LogP contribution in [0.1, 0.15) is 23.8 Å². The summed E-state index contributed by atoms with van der Waals surface area (Å²) in [5, 5.41) is 3.13. The molecule has 1 heterocycles. The third kappa shape index (κ3) is 3.22. The lowest BCUT2D eigenvalue weighted by atomic mass is 10.0.